The zero-order chi connectivity index (χ0) is 18.5. The van der Waals surface area contributed by atoms with Gasteiger partial charge in [-0.2, -0.15) is 5.26 Å². The first-order valence-electron chi connectivity index (χ1n) is 7.49. The lowest BCUT2D eigenvalue weighted by Gasteiger charge is -2.04. The summed E-state index contributed by atoms with van der Waals surface area (Å²) in [6.45, 7) is 0. The van der Waals surface area contributed by atoms with Gasteiger partial charge in [0, 0.05) is 23.5 Å². The first kappa shape index (κ1) is 17.3. The number of carboxylic acid groups (broad SMARTS) is 1. The van der Waals surface area contributed by atoms with Crippen LogP contribution in [0.2, 0.25) is 5.02 Å². The summed E-state index contributed by atoms with van der Waals surface area (Å²) in [5, 5.41) is 27.5. The topological polar surface area (TPSA) is 102 Å². The third kappa shape index (κ3) is 3.58. The van der Waals surface area contributed by atoms with Gasteiger partial charge in [0.05, 0.1) is 11.0 Å². The zero-order valence-corrected chi connectivity index (χ0v) is 14.0. The molecule has 7 heteroatoms. The fourth-order valence-corrected chi connectivity index (χ4v) is 2.50. The summed E-state index contributed by atoms with van der Waals surface area (Å²) in [4.78, 5) is 10.7. The Morgan fingerprint density at radius 1 is 1.23 bits per heavy atom. The molecule has 0 saturated heterocycles. The maximum Gasteiger partial charge on any atom is 0.179 e. The van der Waals surface area contributed by atoms with Crippen LogP contribution in [0.25, 0.3) is 17.3 Å². The summed E-state index contributed by atoms with van der Waals surface area (Å²) in [7, 11) is 0. The molecule has 0 saturated carbocycles. The Morgan fingerprint density at radius 3 is 2.62 bits per heavy atom. The maximum atomic E-state index is 10.7. The number of aromatic carboxylic acids is 1. The predicted octanol–water partition coefficient (Wildman–Crippen LogP) is 3.31. The second-order valence-electron chi connectivity index (χ2n) is 5.20. The van der Waals surface area contributed by atoms with Gasteiger partial charge < -0.3 is 19.7 Å². The molecule has 0 amide bonds. The van der Waals surface area contributed by atoms with Crippen LogP contribution in [0.1, 0.15) is 21.7 Å². The number of rotatable bonds is 5. The number of anilines is 1. The van der Waals surface area contributed by atoms with Gasteiger partial charge in [0.25, 0.3) is 0 Å². The molecular formula is C19H11ClN3O3-. The summed E-state index contributed by atoms with van der Waals surface area (Å²) in [6, 6.07) is 15.2. The van der Waals surface area contributed by atoms with Crippen LogP contribution in [0.3, 0.4) is 0 Å². The predicted molar refractivity (Wildman–Crippen MR) is 95.1 cm³/mol. The molecule has 6 nitrogen and oxygen atoms in total. The standard InChI is InChI=1S/C19H12ClN3O3/c20-16-4-2-1-3-14(16)18-15(11-21)17(26-23-18)9-10-22-13-7-5-12(6-8-13)19(24)25/h1-10,22H,(H,24,25)/p-1/b10-9+. The average molecular weight is 365 g/mol. The lowest BCUT2D eigenvalue weighted by molar-refractivity contribution is -0.255. The van der Waals surface area contributed by atoms with Crippen LogP contribution >= 0.6 is 11.6 Å². The summed E-state index contributed by atoms with van der Waals surface area (Å²) in [6.07, 6.45) is 3.12. The van der Waals surface area contributed by atoms with E-state index in [0.29, 0.717) is 22.0 Å². The van der Waals surface area contributed by atoms with E-state index in [1.54, 1.807) is 48.7 Å². The van der Waals surface area contributed by atoms with Gasteiger partial charge in [-0.15, -0.1) is 0 Å². The SMILES string of the molecule is N#Cc1c(-c2ccccc2Cl)noc1/C=C/Nc1ccc(C(=O)[O-])cc1. The van der Waals surface area contributed by atoms with Crippen LogP contribution in [0, 0.1) is 11.3 Å². The van der Waals surface area contributed by atoms with Crippen molar-refractivity contribution in [2.24, 2.45) is 0 Å². The number of hydrogen-bond donors (Lipinski definition) is 1. The van der Waals surface area contributed by atoms with Crippen molar-refractivity contribution in [2.45, 2.75) is 0 Å². The average Bonchev–Trinajstić information content (AvgIpc) is 3.05. The van der Waals surface area contributed by atoms with Crippen LogP contribution in [-0.2, 0) is 0 Å². The van der Waals surface area contributed by atoms with Crippen LogP contribution in [0.15, 0.2) is 59.3 Å². The van der Waals surface area contributed by atoms with Gasteiger partial charge in [0.2, 0.25) is 0 Å². The Hall–Kier alpha value is -3.56. The minimum atomic E-state index is -1.24. The first-order valence-corrected chi connectivity index (χ1v) is 7.87. The molecule has 0 bridgehead atoms. The monoisotopic (exact) mass is 364 g/mol. The van der Waals surface area contributed by atoms with Crippen molar-refractivity contribution in [3.63, 3.8) is 0 Å². The van der Waals surface area contributed by atoms with Gasteiger partial charge in [-0.1, -0.05) is 47.1 Å². The number of carbonyl (C=O) groups is 1. The molecular weight excluding hydrogens is 354 g/mol. The summed E-state index contributed by atoms with van der Waals surface area (Å²) in [5.74, 6) is -0.958. The van der Waals surface area contributed by atoms with Crippen molar-refractivity contribution >= 4 is 29.3 Å². The molecule has 1 heterocycles. The number of nitrogens with one attached hydrogen (secondary N) is 1. The molecule has 3 rings (SSSR count). The molecule has 0 unspecified atom stereocenters. The molecule has 0 aliphatic rings. The quantitative estimate of drug-likeness (QED) is 0.745. The van der Waals surface area contributed by atoms with Gasteiger partial charge in [-0.05, 0) is 23.8 Å². The molecule has 128 valence electrons. The Balaban J connectivity index is 1.80. The van der Waals surface area contributed by atoms with E-state index < -0.39 is 5.97 Å². The van der Waals surface area contributed by atoms with E-state index in [2.05, 4.69) is 16.5 Å². The highest BCUT2D eigenvalue weighted by Gasteiger charge is 2.17. The Kier molecular flexibility index (Phi) is 5.02. The van der Waals surface area contributed by atoms with Gasteiger partial charge in [0.1, 0.15) is 17.3 Å². The van der Waals surface area contributed by atoms with Crippen molar-refractivity contribution in [3.8, 4) is 17.3 Å². The fourth-order valence-electron chi connectivity index (χ4n) is 2.28. The lowest BCUT2D eigenvalue weighted by Crippen LogP contribution is -2.21. The van der Waals surface area contributed by atoms with Crippen LogP contribution in [0.5, 0.6) is 0 Å². The summed E-state index contributed by atoms with van der Waals surface area (Å²) < 4.78 is 5.24. The molecule has 0 aliphatic heterocycles. The Morgan fingerprint density at radius 2 is 1.96 bits per heavy atom. The zero-order valence-electron chi connectivity index (χ0n) is 13.3. The second-order valence-corrected chi connectivity index (χ2v) is 5.61. The summed E-state index contributed by atoms with van der Waals surface area (Å²) >= 11 is 6.15. The Labute approximate surface area is 153 Å². The lowest BCUT2D eigenvalue weighted by atomic mass is 10.1. The van der Waals surface area contributed by atoms with E-state index >= 15 is 0 Å². The molecule has 3 aromatic rings. The van der Waals surface area contributed by atoms with Crippen molar-refractivity contribution in [1.29, 1.82) is 5.26 Å². The van der Waals surface area contributed by atoms with Crippen molar-refractivity contribution in [3.05, 3.63) is 76.6 Å². The largest absolute Gasteiger partial charge is 0.545 e. The minimum Gasteiger partial charge on any atom is -0.545 e. The van der Waals surface area contributed by atoms with Crippen molar-refractivity contribution in [1.82, 2.24) is 5.16 Å². The molecule has 1 aromatic heterocycles. The molecule has 0 atom stereocenters. The number of carboxylic acids is 1. The number of benzene rings is 2. The van der Waals surface area contributed by atoms with E-state index in [0.717, 1.165) is 0 Å². The highest BCUT2D eigenvalue weighted by Crippen LogP contribution is 2.31. The molecule has 0 radical (unpaired) electrons. The van der Waals surface area contributed by atoms with Gasteiger partial charge >= 0.3 is 0 Å². The number of nitrogens with zero attached hydrogens (tertiary/aromatic N) is 2. The number of halogens is 1. The highest BCUT2D eigenvalue weighted by molar-refractivity contribution is 6.33. The third-order valence-corrected chi connectivity index (χ3v) is 3.89. The maximum absolute atomic E-state index is 10.7. The first-order chi connectivity index (χ1) is 12.6. The molecule has 26 heavy (non-hydrogen) atoms. The van der Waals surface area contributed by atoms with Crippen molar-refractivity contribution < 1.29 is 14.4 Å². The van der Waals surface area contributed by atoms with Crippen LogP contribution < -0.4 is 10.4 Å². The van der Waals surface area contributed by atoms with Crippen LogP contribution in [-0.4, -0.2) is 11.1 Å². The second kappa shape index (κ2) is 7.55. The van der Waals surface area contributed by atoms with Gasteiger partial charge in [-0.25, -0.2) is 0 Å². The number of hydrogen-bond acceptors (Lipinski definition) is 6. The highest BCUT2D eigenvalue weighted by atomic mass is 35.5. The van der Waals surface area contributed by atoms with Gasteiger partial charge in [-0.3, -0.25) is 0 Å². The van der Waals surface area contributed by atoms with E-state index in [1.807, 2.05) is 0 Å². The molecule has 1 N–H and O–H groups in total. The molecule has 2 aromatic carbocycles. The van der Waals surface area contributed by atoms with Crippen molar-refractivity contribution in [2.75, 3.05) is 5.32 Å². The number of nitriles is 1. The van der Waals surface area contributed by atoms with E-state index in [9.17, 15) is 15.2 Å². The molecule has 0 spiro atoms. The Bertz CT molecular complexity index is 1020. The number of carbonyl (C=O) groups excluding carboxylic acids is 1. The number of aromatic nitrogens is 1. The van der Waals surface area contributed by atoms with E-state index in [-0.39, 0.29) is 16.9 Å². The van der Waals surface area contributed by atoms with Crippen LogP contribution in [0.4, 0.5) is 5.69 Å². The third-order valence-electron chi connectivity index (χ3n) is 3.56. The molecule has 0 fully saturated rings. The van der Waals surface area contributed by atoms with Gasteiger partial charge in [0.15, 0.2) is 5.76 Å². The smallest absolute Gasteiger partial charge is 0.179 e. The normalized spacial score (nSPS) is 10.6. The summed E-state index contributed by atoms with van der Waals surface area (Å²) in [5.41, 5.74) is 2.00. The van der Waals surface area contributed by atoms with E-state index in [4.69, 9.17) is 16.1 Å². The molecule has 0 aliphatic carbocycles. The fraction of sp³-hybridized carbons (Fsp3) is 0. The minimum absolute atomic E-state index is 0.0888. The van der Waals surface area contributed by atoms with E-state index in [1.165, 1.54) is 12.1 Å².